The van der Waals surface area contributed by atoms with Gasteiger partial charge in [-0.3, -0.25) is 0 Å². The van der Waals surface area contributed by atoms with E-state index in [1.165, 1.54) is 0 Å². The molecular weight excluding hydrogens is 156 g/mol. The van der Waals surface area contributed by atoms with Gasteiger partial charge in [-0.25, -0.2) is 0 Å². The topological polar surface area (TPSA) is 18.5 Å². The molecule has 0 radical (unpaired) electrons. The lowest BCUT2D eigenvalue weighted by atomic mass is 10.5. The van der Waals surface area contributed by atoms with Gasteiger partial charge in [0.25, 0.3) is 0 Å². The van der Waals surface area contributed by atoms with Crippen molar-refractivity contribution in [3.63, 3.8) is 0 Å². The molecule has 11 heavy (non-hydrogen) atoms. The first-order valence-corrected chi connectivity index (χ1v) is 6.79. The summed E-state index contributed by atoms with van der Waals surface area (Å²) in [7, 11) is -1.86. The zero-order valence-electron chi connectivity index (χ0n) is 8.10. The van der Waals surface area contributed by atoms with Crippen molar-refractivity contribution >= 4 is 8.56 Å². The highest BCUT2D eigenvalue weighted by atomic mass is 28.4. The van der Waals surface area contributed by atoms with Crippen LogP contribution in [-0.4, -0.2) is 15.2 Å². The van der Waals surface area contributed by atoms with Crippen LogP contribution in [-0.2, 0) is 8.85 Å². The molecule has 0 aliphatic rings. The fraction of sp³-hybridized carbons (Fsp3) is 0.750. The van der Waals surface area contributed by atoms with Crippen LogP contribution in [0.15, 0.2) is 11.8 Å². The summed E-state index contributed by atoms with van der Waals surface area (Å²) in [5, 5.41) is 0. The normalized spacial score (nSPS) is 13.4. The maximum atomic E-state index is 5.61. The van der Waals surface area contributed by atoms with E-state index in [2.05, 4.69) is 0 Å². The average Bonchev–Trinajstić information content (AvgIpc) is 1.86. The molecule has 0 amide bonds. The van der Waals surface area contributed by atoms with Crippen molar-refractivity contribution < 1.29 is 8.85 Å². The predicted molar refractivity (Wildman–Crippen MR) is 49.6 cm³/mol. The fourth-order valence-electron chi connectivity index (χ4n) is 0.824. The van der Waals surface area contributed by atoms with Gasteiger partial charge in [-0.05, 0) is 33.9 Å². The highest BCUT2D eigenvalue weighted by molar-refractivity contribution is 6.64. The van der Waals surface area contributed by atoms with Crippen LogP contribution in [0.5, 0.6) is 0 Å². The summed E-state index contributed by atoms with van der Waals surface area (Å²) in [5.74, 6) is 0.954. The second-order valence-electron chi connectivity index (χ2n) is 2.83. The summed E-state index contributed by atoms with van der Waals surface area (Å²) >= 11 is 0. The first-order valence-electron chi connectivity index (χ1n) is 3.97. The van der Waals surface area contributed by atoms with Crippen LogP contribution in [0.25, 0.3) is 0 Å². The molecule has 0 aliphatic carbocycles. The van der Waals surface area contributed by atoms with Crippen molar-refractivity contribution in [1.82, 2.24) is 0 Å². The highest BCUT2D eigenvalue weighted by Crippen LogP contribution is 2.11. The Kier molecular flexibility index (Phi) is 4.45. The van der Waals surface area contributed by atoms with E-state index in [9.17, 15) is 0 Å². The summed E-state index contributed by atoms with van der Waals surface area (Å²) in [5.41, 5.74) is 0. The van der Waals surface area contributed by atoms with E-state index in [1.54, 1.807) is 0 Å². The quantitative estimate of drug-likeness (QED) is 0.482. The first kappa shape index (κ1) is 10.7. The molecule has 0 aromatic heterocycles. The Morgan fingerprint density at radius 3 is 2.36 bits per heavy atom. The van der Waals surface area contributed by atoms with Gasteiger partial charge in [-0.15, -0.1) is 0 Å². The molecular formula is C8H18O2Si. The Morgan fingerprint density at radius 2 is 2.00 bits per heavy atom. The van der Waals surface area contributed by atoms with Gasteiger partial charge >= 0.3 is 8.56 Å². The molecule has 2 nitrogen and oxygen atoms in total. The number of hydrogen-bond donors (Lipinski definition) is 0. The van der Waals surface area contributed by atoms with Crippen LogP contribution in [0, 0.1) is 0 Å². The van der Waals surface area contributed by atoms with Crippen molar-refractivity contribution in [3.05, 3.63) is 11.8 Å². The molecule has 0 spiro atoms. The SMILES string of the molecule is C/C=C(/C)O[Si](C)(C)OCC. The summed E-state index contributed by atoms with van der Waals surface area (Å²) < 4.78 is 11.1. The van der Waals surface area contributed by atoms with E-state index in [-0.39, 0.29) is 0 Å². The molecule has 66 valence electrons. The molecule has 0 aromatic carbocycles. The van der Waals surface area contributed by atoms with Gasteiger partial charge < -0.3 is 8.85 Å². The zero-order chi connectivity index (χ0) is 8.91. The molecule has 0 rings (SSSR count). The van der Waals surface area contributed by atoms with Crippen LogP contribution in [0.2, 0.25) is 13.1 Å². The minimum Gasteiger partial charge on any atom is -0.525 e. The van der Waals surface area contributed by atoms with E-state index in [0.717, 1.165) is 12.4 Å². The van der Waals surface area contributed by atoms with Crippen LogP contribution in [0.4, 0.5) is 0 Å². The van der Waals surface area contributed by atoms with Gasteiger partial charge in [0.15, 0.2) is 0 Å². The molecule has 0 heterocycles. The Labute approximate surface area is 70.5 Å². The molecule has 0 aromatic rings. The maximum Gasteiger partial charge on any atom is 0.392 e. The highest BCUT2D eigenvalue weighted by Gasteiger charge is 2.25. The van der Waals surface area contributed by atoms with E-state index >= 15 is 0 Å². The van der Waals surface area contributed by atoms with Crippen LogP contribution in [0.3, 0.4) is 0 Å². The molecule has 0 N–H and O–H groups in total. The zero-order valence-corrected chi connectivity index (χ0v) is 9.10. The molecule has 0 unspecified atom stereocenters. The lowest BCUT2D eigenvalue weighted by Crippen LogP contribution is -2.33. The maximum absolute atomic E-state index is 5.61. The molecule has 0 aliphatic heterocycles. The van der Waals surface area contributed by atoms with E-state index < -0.39 is 8.56 Å². The second-order valence-corrected chi connectivity index (χ2v) is 6.13. The minimum absolute atomic E-state index is 0.732. The number of rotatable bonds is 4. The summed E-state index contributed by atoms with van der Waals surface area (Å²) in [6, 6.07) is 0. The molecule has 0 bridgehead atoms. The monoisotopic (exact) mass is 174 g/mol. The predicted octanol–water partition coefficient (Wildman–Crippen LogP) is 2.67. The lowest BCUT2D eigenvalue weighted by Gasteiger charge is -2.23. The van der Waals surface area contributed by atoms with Crippen LogP contribution >= 0.6 is 0 Å². The largest absolute Gasteiger partial charge is 0.525 e. The van der Waals surface area contributed by atoms with Crippen molar-refractivity contribution in [2.24, 2.45) is 0 Å². The fourth-order valence-corrected chi connectivity index (χ4v) is 2.47. The summed E-state index contributed by atoms with van der Waals surface area (Å²) in [4.78, 5) is 0. The third-order valence-electron chi connectivity index (χ3n) is 1.31. The smallest absolute Gasteiger partial charge is 0.392 e. The standard InChI is InChI=1S/C8H18O2Si/c1-6-8(3)10-11(4,5)9-7-2/h6H,7H2,1-5H3/b8-6-. The Hall–Kier alpha value is -0.283. The summed E-state index contributed by atoms with van der Waals surface area (Å²) in [6.45, 7) is 10.7. The van der Waals surface area contributed by atoms with E-state index in [4.69, 9.17) is 8.85 Å². The Bertz CT molecular complexity index is 141. The second kappa shape index (κ2) is 4.57. The van der Waals surface area contributed by atoms with Gasteiger partial charge in [-0.2, -0.15) is 0 Å². The van der Waals surface area contributed by atoms with Crippen molar-refractivity contribution in [2.45, 2.75) is 33.9 Å². The molecule has 0 fully saturated rings. The van der Waals surface area contributed by atoms with Gasteiger partial charge in [0, 0.05) is 6.61 Å². The Balaban J connectivity index is 3.90. The van der Waals surface area contributed by atoms with Gasteiger partial charge in [0.05, 0.1) is 5.76 Å². The third-order valence-corrected chi connectivity index (χ3v) is 3.10. The first-order chi connectivity index (χ1) is 5.02. The number of allylic oxidation sites excluding steroid dienone is 2. The lowest BCUT2D eigenvalue weighted by molar-refractivity contribution is 0.229. The van der Waals surface area contributed by atoms with E-state index in [0.29, 0.717) is 0 Å². The summed E-state index contributed by atoms with van der Waals surface area (Å²) in [6.07, 6.45) is 1.95. The molecule has 3 heteroatoms. The van der Waals surface area contributed by atoms with Gasteiger partial charge in [-0.1, -0.05) is 6.08 Å². The van der Waals surface area contributed by atoms with Gasteiger partial charge in [0.1, 0.15) is 0 Å². The van der Waals surface area contributed by atoms with Crippen molar-refractivity contribution in [1.29, 1.82) is 0 Å². The van der Waals surface area contributed by atoms with Gasteiger partial charge in [0.2, 0.25) is 0 Å². The van der Waals surface area contributed by atoms with E-state index in [1.807, 2.05) is 39.9 Å². The third kappa shape index (κ3) is 5.04. The molecule has 0 atom stereocenters. The molecule has 0 saturated heterocycles. The molecule has 0 saturated carbocycles. The van der Waals surface area contributed by atoms with Crippen LogP contribution < -0.4 is 0 Å². The number of hydrogen-bond acceptors (Lipinski definition) is 2. The van der Waals surface area contributed by atoms with Crippen molar-refractivity contribution in [3.8, 4) is 0 Å². The Morgan fingerprint density at radius 1 is 1.45 bits per heavy atom. The minimum atomic E-state index is -1.86. The van der Waals surface area contributed by atoms with Crippen molar-refractivity contribution in [2.75, 3.05) is 6.61 Å². The average molecular weight is 174 g/mol. The van der Waals surface area contributed by atoms with Crippen LogP contribution in [0.1, 0.15) is 20.8 Å².